The summed E-state index contributed by atoms with van der Waals surface area (Å²) in [7, 11) is 0. The normalized spacial score (nSPS) is 18.4. The van der Waals surface area contributed by atoms with E-state index in [1.54, 1.807) is 18.2 Å². The van der Waals surface area contributed by atoms with Crippen molar-refractivity contribution >= 4 is 22.9 Å². The molecule has 1 unspecified atom stereocenters. The van der Waals surface area contributed by atoms with Crippen LogP contribution in [0.1, 0.15) is 29.0 Å². The number of nitrogens with zero attached hydrogens (tertiary/aromatic N) is 2. The van der Waals surface area contributed by atoms with Gasteiger partial charge in [0.2, 0.25) is 5.91 Å². The average Bonchev–Trinajstić information content (AvgIpc) is 2.94. The Morgan fingerprint density at radius 2 is 2.35 bits per heavy atom. The van der Waals surface area contributed by atoms with Crippen molar-refractivity contribution in [3.8, 4) is 0 Å². The molecule has 1 aromatic carbocycles. The molecule has 2 aromatic rings. The van der Waals surface area contributed by atoms with Crippen molar-refractivity contribution in [3.63, 3.8) is 0 Å². The molecule has 2 N–H and O–H groups in total. The Hall–Kier alpha value is -2.37. The summed E-state index contributed by atoms with van der Waals surface area (Å²) in [5.74, 6) is -0.0453. The topological polar surface area (TPSA) is 84.2 Å². The third-order valence-electron chi connectivity index (χ3n) is 3.67. The molecule has 1 aromatic heterocycles. The van der Waals surface area contributed by atoms with Crippen LogP contribution >= 0.6 is 0 Å². The van der Waals surface area contributed by atoms with Gasteiger partial charge >= 0.3 is 5.97 Å². The van der Waals surface area contributed by atoms with Crippen molar-refractivity contribution in [2.75, 3.05) is 0 Å². The minimum absolute atomic E-state index is 0.0882. The number of carbonyl (C=O) groups excluding carboxylic acids is 1. The molecule has 1 aliphatic rings. The van der Waals surface area contributed by atoms with E-state index in [0.717, 1.165) is 17.8 Å². The van der Waals surface area contributed by atoms with E-state index in [1.165, 1.54) is 0 Å². The number of aromatic carboxylic acids is 1. The average molecular weight is 273 g/mol. The van der Waals surface area contributed by atoms with E-state index in [-0.39, 0.29) is 17.5 Å². The Bertz CT molecular complexity index is 705. The lowest BCUT2D eigenvalue weighted by Crippen LogP contribution is -2.29. The molecule has 104 valence electrons. The van der Waals surface area contributed by atoms with Gasteiger partial charge in [-0.25, -0.2) is 9.78 Å². The van der Waals surface area contributed by atoms with Crippen molar-refractivity contribution in [2.45, 2.75) is 32.4 Å². The second-order valence-corrected chi connectivity index (χ2v) is 5.08. The quantitative estimate of drug-likeness (QED) is 0.883. The number of hydrogen-bond acceptors (Lipinski definition) is 3. The maximum absolute atomic E-state index is 11.2. The van der Waals surface area contributed by atoms with Crippen molar-refractivity contribution < 1.29 is 14.7 Å². The Balaban J connectivity index is 1.96. The molecular weight excluding hydrogens is 258 g/mol. The fraction of sp³-hybridized carbons (Fsp3) is 0.357. The highest BCUT2D eigenvalue weighted by Gasteiger charge is 2.22. The number of amides is 1. The molecule has 1 atom stereocenters. The van der Waals surface area contributed by atoms with Crippen molar-refractivity contribution in [1.82, 2.24) is 14.9 Å². The first kappa shape index (κ1) is 12.7. The van der Waals surface area contributed by atoms with Gasteiger partial charge in [-0.1, -0.05) is 0 Å². The first-order chi connectivity index (χ1) is 9.54. The van der Waals surface area contributed by atoms with Gasteiger partial charge in [0, 0.05) is 19.0 Å². The van der Waals surface area contributed by atoms with Crippen LogP contribution in [-0.2, 0) is 11.3 Å². The fourth-order valence-corrected chi connectivity index (χ4v) is 2.65. The molecule has 2 heterocycles. The largest absolute Gasteiger partial charge is 0.478 e. The molecule has 0 radical (unpaired) electrons. The predicted octanol–water partition coefficient (Wildman–Crippen LogP) is 1.32. The highest BCUT2D eigenvalue weighted by molar-refractivity contribution is 5.92. The van der Waals surface area contributed by atoms with E-state index in [9.17, 15) is 9.59 Å². The summed E-state index contributed by atoms with van der Waals surface area (Å²) in [6.07, 6.45) is 1.39. The van der Waals surface area contributed by atoms with Gasteiger partial charge in [0.05, 0.1) is 16.6 Å². The van der Waals surface area contributed by atoms with E-state index in [1.807, 2.05) is 11.5 Å². The number of carbonyl (C=O) groups is 2. The molecule has 1 saturated heterocycles. The Kier molecular flexibility index (Phi) is 2.93. The van der Waals surface area contributed by atoms with Crippen LogP contribution in [0.4, 0.5) is 0 Å². The lowest BCUT2D eigenvalue weighted by Gasteiger charge is -2.13. The molecule has 6 nitrogen and oxygen atoms in total. The van der Waals surface area contributed by atoms with Crippen LogP contribution in [0.15, 0.2) is 18.2 Å². The smallest absolute Gasteiger partial charge is 0.335 e. The zero-order valence-corrected chi connectivity index (χ0v) is 11.1. The molecule has 1 amide bonds. The number of benzene rings is 1. The highest BCUT2D eigenvalue weighted by atomic mass is 16.4. The van der Waals surface area contributed by atoms with Crippen molar-refractivity contribution in [2.24, 2.45) is 0 Å². The second-order valence-electron chi connectivity index (χ2n) is 5.08. The number of fused-ring (bicyclic) bond motifs is 1. The van der Waals surface area contributed by atoms with E-state index in [2.05, 4.69) is 10.3 Å². The van der Waals surface area contributed by atoms with E-state index in [4.69, 9.17) is 5.11 Å². The summed E-state index contributed by atoms with van der Waals surface area (Å²) in [6.45, 7) is 2.55. The summed E-state index contributed by atoms with van der Waals surface area (Å²) < 4.78 is 2.03. The minimum atomic E-state index is -0.956. The first-order valence-electron chi connectivity index (χ1n) is 6.54. The fourth-order valence-electron chi connectivity index (χ4n) is 2.65. The number of rotatable bonds is 3. The van der Waals surface area contributed by atoms with Crippen LogP contribution in [0, 0.1) is 6.92 Å². The van der Waals surface area contributed by atoms with Crippen LogP contribution in [0.5, 0.6) is 0 Å². The summed E-state index contributed by atoms with van der Waals surface area (Å²) in [5, 5.41) is 11.9. The third-order valence-corrected chi connectivity index (χ3v) is 3.67. The number of carboxylic acid groups (broad SMARTS) is 1. The molecule has 0 bridgehead atoms. The van der Waals surface area contributed by atoms with Gasteiger partial charge in [0.15, 0.2) is 0 Å². The summed E-state index contributed by atoms with van der Waals surface area (Å²) in [6, 6.07) is 5.05. The second kappa shape index (κ2) is 4.63. The molecule has 6 heteroatoms. The SMILES string of the molecule is Cc1nc2cc(C(=O)O)ccc2n1CC1CCC(=O)N1. The summed E-state index contributed by atoms with van der Waals surface area (Å²) in [4.78, 5) is 26.6. The number of aryl methyl sites for hydroxylation is 1. The number of hydrogen-bond donors (Lipinski definition) is 2. The maximum atomic E-state index is 11.2. The number of aromatic nitrogens is 2. The van der Waals surface area contributed by atoms with Gasteiger partial charge in [-0.15, -0.1) is 0 Å². The van der Waals surface area contributed by atoms with Crippen LogP contribution in [0.3, 0.4) is 0 Å². The third kappa shape index (κ3) is 2.13. The van der Waals surface area contributed by atoms with Gasteiger partial charge in [-0.3, -0.25) is 4.79 Å². The minimum Gasteiger partial charge on any atom is -0.478 e. The summed E-state index contributed by atoms with van der Waals surface area (Å²) >= 11 is 0. The van der Waals surface area contributed by atoms with E-state index >= 15 is 0 Å². The Morgan fingerprint density at radius 1 is 1.55 bits per heavy atom. The Labute approximate surface area is 115 Å². The highest BCUT2D eigenvalue weighted by Crippen LogP contribution is 2.20. The standard InChI is InChI=1S/C14H15N3O3/c1-8-15-11-6-9(14(19)20)2-4-12(11)17(8)7-10-3-5-13(18)16-10/h2,4,6,10H,3,5,7H2,1H3,(H,16,18)(H,19,20). The van der Waals surface area contributed by atoms with Gasteiger partial charge in [-0.05, 0) is 31.5 Å². The van der Waals surface area contributed by atoms with Gasteiger partial charge in [0.1, 0.15) is 5.82 Å². The van der Waals surface area contributed by atoms with Gasteiger partial charge in [-0.2, -0.15) is 0 Å². The van der Waals surface area contributed by atoms with Crippen molar-refractivity contribution in [1.29, 1.82) is 0 Å². The molecule has 3 rings (SSSR count). The number of nitrogens with one attached hydrogen (secondary N) is 1. The molecule has 20 heavy (non-hydrogen) atoms. The molecule has 1 aliphatic heterocycles. The van der Waals surface area contributed by atoms with E-state index in [0.29, 0.717) is 18.5 Å². The molecular formula is C14H15N3O3. The van der Waals surface area contributed by atoms with Crippen molar-refractivity contribution in [3.05, 3.63) is 29.6 Å². The molecule has 0 aliphatic carbocycles. The Morgan fingerprint density at radius 3 is 3.00 bits per heavy atom. The van der Waals surface area contributed by atoms with Crippen LogP contribution in [-0.4, -0.2) is 32.6 Å². The zero-order valence-electron chi connectivity index (χ0n) is 11.1. The van der Waals surface area contributed by atoms with Crippen LogP contribution in [0.25, 0.3) is 11.0 Å². The predicted molar refractivity (Wildman–Crippen MR) is 72.6 cm³/mol. The summed E-state index contributed by atoms with van der Waals surface area (Å²) in [5.41, 5.74) is 1.80. The molecule has 0 spiro atoms. The van der Waals surface area contributed by atoms with Gasteiger partial charge < -0.3 is 15.0 Å². The van der Waals surface area contributed by atoms with Gasteiger partial charge in [0.25, 0.3) is 0 Å². The maximum Gasteiger partial charge on any atom is 0.335 e. The number of imidazole rings is 1. The molecule has 0 saturated carbocycles. The molecule has 1 fully saturated rings. The lowest BCUT2D eigenvalue weighted by molar-refractivity contribution is -0.119. The monoisotopic (exact) mass is 273 g/mol. The van der Waals surface area contributed by atoms with E-state index < -0.39 is 5.97 Å². The lowest BCUT2D eigenvalue weighted by atomic mass is 10.2. The van der Waals surface area contributed by atoms with Crippen LogP contribution in [0.2, 0.25) is 0 Å². The number of carboxylic acids is 1. The first-order valence-corrected chi connectivity index (χ1v) is 6.54. The van der Waals surface area contributed by atoms with Crippen LogP contribution < -0.4 is 5.32 Å². The zero-order chi connectivity index (χ0) is 14.3.